The number of rotatable bonds is 22. The second kappa shape index (κ2) is 21.6. The molecule has 0 radical (unpaired) electrons. The number of benzene rings is 2. The highest BCUT2D eigenvalue weighted by atomic mass is 16.6. The zero-order chi connectivity index (χ0) is 34.6. The molecule has 0 saturated heterocycles. The Bertz CT molecular complexity index is 1390. The summed E-state index contributed by atoms with van der Waals surface area (Å²) in [5.74, 6) is 1.32. The van der Waals surface area contributed by atoms with Gasteiger partial charge in [0.25, 0.3) is 5.91 Å². The molecule has 0 aliphatic heterocycles. The summed E-state index contributed by atoms with van der Waals surface area (Å²) in [5.41, 5.74) is 1.63. The zero-order valence-electron chi connectivity index (χ0n) is 29.6. The third-order valence-corrected chi connectivity index (χ3v) is 8.41. The fourth-order valence-corrected chi connectivity index (χ4v) is 5.57. The Hall–Kier alpha value is -4.27. The van der Waals surface area contributed by atoms with Crippen molar-refractivity contribution in [2.24, 2.45) is 7.05 Å². The number of carbonyl (C=O) groups excluding carboxylic acids is 2. The summed E-state index contributed by atoms with van der Waals surface area (Å²) in [6.07, 6.45) is 16.4. The highest BCUT2D eigenvalue weighted by molar-refractivity contribution is 6.04. The maximum atomic E-state index is 13.7. The molecule has 0 N–H and O–H groups in total. The third kappa shape index (κ3) is 12.1. The molecule has 0 fully saturated rings. The average molecular weight is 664 g/mol. The molecule has 9 heteroatoms. The van der Waals surface area contributed by atoms with Gasteiger partial charge in [-0.2, -0.15) is 0 Å². The van der Waals surface area contributed by atoms with E-state index in [1.165, 1.54) is 71.3 Å². The van der Waals surface area contributed by atoms with Crippen LogP contribution in [0.1, 0.15) is 106 Å². The number of imide groups is 1. The number of hydrogen-bond donors (Lipinski definition) is 0. The molecule has 0 aliphatic carbocycles. The fraction of sp³-hybridized carbons (Fsp3) is 0.513. The third-order valence-electron chi connectivity index (χ3n) is 8.41. The van der Waals surface area contributed by atoms with Gasteiger partial charge in [-0.1, -0.05) is 95.8 Å². The van der Waals surface area contributed by atoms with Gasteiger partial charge >= 0.3 is 6.09 Å². The van der Waals surface area contributed by atoms with Crippen LogP contribution in [-0.2, 0) is 24.9 Å². The van der Waals surface area contributed by atoms with Crippen molar-refractivity contribution in [1.29, 1.82) is 0 Å². The van der Waals surface area contributed by atoms with E-state index in [2.05, 4.69) is 6.92 Å². The largest absolute Gasteiger partial charge is 0.496 e. The van der Waals surface area contributed by atoms with Gasteiger partial charge < -0.3 is 23.7 Å². The molecule has 0 spiro atoms. The van der Waals surface area contributed by atoms with Crippen molar-refractivity contribution in [3.8, 4) is 23.0 Å². The van der Waals surface area contributed by atoms with Gasteiger partial charge in [-0.15, -0.1) is 0 Å². The van der Waals surface area contributed by atoms with Gasteiger partial charge in [0.05, 0.1) is 33.5 Å². The molecule has 0 aliphatic rings. The summed E-state index contributed by atoms with van der Waals surface area (Å²) in [4.78, 5) is 28.3. The Morgan fingerprint density at radius 1 is 0.708 bits per heavy atom. The van der Waals surface area contributed by atoms with Crippen LogP contribution in [0.2, 0.25) is 0 Å². The van der Waals surface area contributed by atoms with Crippen molar-refractivity contribution in [2.45, 2.75) is 97.1 Å². The van der Waals surface area contributed by atoms with E-state index in [4.69, 9.17) is 23.7 Å². The number of carbonyl (C=O) groups is 2. The molecule has 1 heterocycles. The fourth-order valence-electron chi connectivity index (χ4n) is 5.57. The van der Waals surface area contributed by atoms with Crippen molar-refractivity contribution in [2.75, 3.05) is 27.9 Å². The predicted molar refractivity (Wildman–Crippen MR) is 187 cm³/mol. The van der Waals surface area contributed by atoms with E-state index in [0.717, 1.165) is 23.4 Å². The van der Waals surface area contributed by atoms with E-state index >= 15 is 0 Å². The molecular weight excluding hydrogens is 608 g/mol. The van der Waals surface area contributed by atoms with Crippen molar-refractivity contribution >= 4 is 12.0 Å². The Labute approximate surface area is 287 Å². The minimum Gasteiger partial charge on any atom is -0.496 e. The predicted octanol–water partition coefficient (Wildman–Crippen LogP) is 8.60. The van der Waals surface area contributed by atoms with Gasteiger partial charge in [0.1, 0.15) is 25.9 Å². The Morgan fingerprint density at radius 2 is 1.27 bits per heavy atom. The highest BCUT2D eigenvalue weighted by Gasteiger charge is 2.29. The zero-order valence-corrected chi connectivity index (χ0v) is 29.6. The van der Waals surface area contributed by atoms with Gasteiger partial charge in [-0.05, 0) is 36.2 Å². The van der Waals surface area contributed by atoms with Gasteiger partial charge in [0.15, 0.2) is 17.7 Å². The van der Waals surface area contributed by atoms with Crippen LogP contribution in [0.4, 0.5) is 4.79 Å². The molecule has 0 unspecified atom stereocenters. The van der Waals surface area contributed by atoms with Crippen LogP contribution < -0.4 is 23.5 Å². The van der Waals surface area contributed by atoms with E-state index in [1.807, 2.05) is 36.0 Å². The first-order valence-corrected chi connectivity index (χ1v) is 17.4. The van der Waals surface area contributed by atoms with Gasteiger partial charge in [0, 0.05) is 12.1 Å². The SMILES string of the molecule is CCCCCCCCCCCCCCOc1c(OC)cc(COC(=O)N(Cc2cccc[n+]2C)C(=O)c2ccccc2OC)cc1OC. The Kier molecular flexibility index (Phi) is 17.2. The molecule has 0 atom stereocenters. The van der Waals surface area contributed by atoms with Crippen molar-refractivity contribution in [3.05, 3.63) is 77.6 Å². The van der Waals surface area contributed by atoms with Crippen LogP contribution in [0.25, 0.3) is 0 Å². The Balaban J connectivity index is 1.58. The van der Waals surface area contributed by atoms with Crippen LogP contribution in [0, 0.1) is 0 Å². The molecule has 2 amide bonds. The summed E-state index contributed by atoms with van der Waals surface area (Å²) >= 11 is 0. The van der Waals surface area contributed by atoms with E-state index in [9.17, 15) is 9.59 Å². The molecule has 3 aromatic rings. The van der Waals surface area contributed by atoms with E-state index in [1.54, 1.807) is 50.6 Å². The van der Waals surface area contributed by atoms with E-state index in [0.29, 0.717) is 35.2 Å². The smallest absolute Gasteiger partial charge is 0.417 e. The number of hydrogen-bond acceptors (Lipinski definition) is 7. The van der Waals surface area contributed by atoms with Crippen molar-refractivity contribution in [1.82, 2.24) is 4.90 Å². The normalized spacial score (nSPS) is 10.8. The number of pyridine rings is 1. The number of amides is 2. The molecule has 2 aromatic carbocycles. The highest BCUT2D eigenvalue weighted by Crippen LogP contribution is 2.39. The van der Waals surface area contributed by atoms with Crippen molar-refractivity contribution < 1.29 is 37.8 Å². The summed E-state index contributed by atoms with van der Waals surface area (Å²) in [6, 6.07) is 15.9. The van der Waals surface area contributed by atoms with Gasteiger partial charge in [-0.25, -0.2) is 14.3 Å². The van der Waals surface area contributed by atoms with E-state index < -0.39 is 12.0 Å². The summed E-state index contributed by atoms with van der Waals surface area (Å²) < 4.78 is 30.3. The lowest BCUT2D eigenvalue weighted by Gasteiger charge is -2.21. The van der Waals surface area contributed by atoms with Crippen LogP contribution in [0.3, 0.4) is 0 Å². The number of aryl methyl sites for hydroxylation is 1. The van der Waals surface area contributed by atoms with Crippen molar-refractivity contribution in [3.63, 3.8) is 0 Å². The summed E-state index contributed by atoms with van der Waals surface area (Å²) in [6.45, 7) is 2.71. The van der Waals surface area contributed by atoms with E-state index in [-0.39, 0.29) is 18.7 Å². The van der Waals surface area contributed by atoms with Gasteiger partial charge in [-0.3, -0.25) is 4.79 Å². The first-order valence-electron chi connectivity index (χ1n) is 17.4. The standard InChI is InChI=1S/C39H55N2O7/c1-6-7-8-9-10-11-12-13-14-15-16-21-26-47-37-35(45-4)27-31(28-36(37)46-5)30-48-39(43)41(29-32-22-19-20-25-40(32)2)38(42)33-23-17-18-24-34(33)44-3/h17-20,22-25,27-28H,6-16,21,26,29-30H2,1-5H3/q+1. The summed E-state index contributed by atoms with van der Waals surface area (Å²) in [7, 11) is 6.47. The van der Waals surface area contributed by atoms with Crippen LogP contribution >= 0.6 is 0 Å². The molecule has 9 nitrogen and oxygen atoms in total. The first kappa shape index (κ1) is 38.2. The van der Waals surface area contributed by atoms with Crippen LogP contribution in [0.15, 0.2) is 60.8 Å². The number of unbranched alkanes of at least 4 members (excludes halogenated alkanes) is 11. The molecule has 48 heavy (non-hydrogen) atoms. The van der Waals surface area contributed by atoms with Crippen LogP contribution in [0.5, 0.6) is 23.0 Å². The minimum absolute atomic E-state index is 0.00556. The number of para-hydroxylation sites is 1. The number of methoxy groups -OCH3 is 3. The number of ether oxygens (including phenoxy) is 5. The molecule has 0 bridgehead atoms. The lowest BCUT2D eigenvalue weighted by Crippen LogP contribution is -2.42. The monoisotopic (exact) mass is 663 g/mol. The molecule has 3 rings (SSSR count). The lowest BCUT2D eigenvalue weighted by atomic mass is 10.1. The number of nitrogens with zero attached hydrogens (tertiary/aromatic N) is 2. The molecular formula is C39H55N2O7+. The average Bonchev–Trinajstić information content (AvgIpc) is 3.11. The second-order valence-electron chi connectivity index (χ2n) is 12.0. The topological polar surface area (TPSA) is 87.4 Å². The maximum absolute atomic E-state index is 13.7. The minimum atomic E-state index is -0.792. The maximum Gasteiger partial charge on any atom is 0.417 e. The molecule has 1 aromatic heterocycles. The quantitative estimate of drug-likeness (QED) is 0.0786. The number of aromatic nitrogens is 1. The molecule has 262 valence electrons. The van der Waals surface area contributed by atoms with Gasteiger partial charge in [0.2, 0.25) is 11.4 Å². The second-order valence-corrected chi connectivity index (χ2v) is 12.0. The first-order chi connectivity index (χ1) is 23.4. The summed E-state index contributed by atoms with van der Waals surface area (Å²) in [5, 5.41) is 0. The Morgan fingerprint density at radius 3 is 1.85 bits per heavy atom. The molecule has 0 saturated carbocycles. The van der Waals surface area contributed by atoms with Crippen LogP contribution in [-0.4, -0.2) is 44.8 Å². The lowest BCUT2D eigenvalue weighted by molar-refractivity contribution is -0.679.